The number of halogens is 2. The largest absolute Gasteiger partial charge is 0.478 e. The van der Waals surface area contributed by atoms with Crippen molar-refractivity contribution in [3.8, 4) is 0 Å². The molecule has 2 N–H and O–H groups in total. The van der Waals surface area contributed by atoms with Crippen molar-refractivity contribution in [1.82, 2.24) is 14.9 Å². The molecule has 0 amide bonds. The lowest BCUT2D eigenvalue weighted by atomic mass is 10.0. The number of aliphatic carboxylic acids is 1. The predicted octanol–water partition coefficient (Wildman–Crippen LogP) is 4.23. The zero-order valence-corrected chi connectivity index (χ0v) is 19.1. The van der Waals surface area contributed by atoms with Gasteiger partial charge in [0.05, 0.1) is 9.72 Å². The summed E-state index contributed by atoms with van der Waals surface area (Å²) in [5.41, 5.74) is 1.02. The molecule has 1 aliphatic heterocycles. The molecule has 8 nitrogen and oxygen atoms in total. The summed E-state index contributed by atoms with van der Waals surface area (Å²) in [6, 6.07) is 9.14. The summed E-state index contributed by atoms with van der Waals surface area (Å²) in [6.45, 7) is 5.71. The molecule has 0 unspecified atom stereocenters. The summed E-state index contributed by atoms with van der Waals surface area (Å²) < 4.78 is 14.0. The summed E-state index contributed by atoms with van der Waals surface area (Å²) in [4.78, 5) is 37.4. The summed E-state index contributed by atoms with van der Waals surface area (Å²) in [6.07, 6.45) is 4.72. The molecule has 0 atom stereocenters. The van der Waals surface area contributed by atoms with Crippen LogP contribution < -0.4 is 5.32 Å². The first kappa shape index (κ1) is 26.1. The van der Waals surface area contributed by atoms with Crippen molar-refractivity contribution < 1.29 is 23.9 Å². The Morgan fingerprint density at radius 2 is 2.00 bits per heavy atom. The van der Waals surface area contributed by atoms with Crippen molar-refractivity contribution in [3.63, 3.8) is 0 Å². The highest BCUT2D eigenvalue weighted by Gasteiger charge is 2.20. The third kappa shape index (κ3) is 8.70. The lowest BCUT2D eigenvalue weighted by Crippen LogP contribution is -2.38. The maximum atomic E-state index is 13.3. The number of carbonyl (C=O) groups is 1. The van der Waals surface area contributed by atoms with Crippen molar-refractivity contribution in [2.75, 3.05) is 18.4 Å². The third-order valence-electron chi connectivity index (χ3n) is 4.70. The van der Waals surface area contributed by atoms with E-state index in [1.54, 1.807) is 18.5 Å². The fourth-order valence-electron chi connectivity index (χ4n) is 3.26. The molecule has 1 saturated heterocycles. The van der Waals surface area contributed by atoms with Gasteiger partial charge in [0.1, 0.15) is 22.8 Å². The van der Waals surface area contributed by atoms with E-state index < -0.39 is 5.97 Å². The number of fused-ring (bicyclic) bond motifs is 1. The first-order valence-corrected chi connectivity index (χ1v) is 11.0. The molecule has 3 aromatic rings. The number of carbonyl (C=O) groups excluding carboxylic acids is 2. The smallest absolute Gasteiger partial charge is 0.373 e. The van der Waals surface area contributed by atoms with Crippen LogP contribution in [-0.2, 0) is 20.9 Å². The molecular weight excluding hydrogens is 471 g/mol. The quantitative estimate of drug-likeness (QED) is 0.509. The maximum Gasteiger partial charge on any atom is 0.373 e. The predicted molar refractivity (Wildman–Crippen MR) is 124 cm³/mol. The monoisotopic (exact) mass is 492 g/mol. The zero-order valence-electron chi connectivity index (χ0n) is 17.5. The van der Waals surface area contributed by atoms with Crippen LogP contribution in [0.15, 0.2) is 49.3 Å². The second-order valence-corrected chi connectivity index (χ2v) is 8.60. The number of hydrogen-bond acceptors (Lipinski definition) is 8. The van der Waals surface area contributed by atoms with E-state index in [1.165, 1.54) is 17.4 Å². The minimum absolute atomic E-state index is 0.170. The van der Waals surface area contributed by atoms with E-state index in [-0.39, 0.29) is 12.0 Å². The molecule has 1 fully saturated rings. The fraction of sp³-hybridized carbons (Fsp3) is 0.273. The van der Waals surface area contributed by atoms with Gasteiger partial charge in [0.2, 0.25) is 0 Å². The molecular formula is C22H22ClFN4O4S. The van der Waals surface area contributed by atoms with Crippen LogP contribution in [0, 0.1) is 5.82 Å². The van der Waals surface area contributed by atoms with Crippen LogP contribution in [0.5, 0.6) is 0 Å². The Labute approximate surface area is 198 Å². The van der Waals surface area contributed by atoms with Gasteiger partial charge in [0.15, 0.2) is 0 Å². The summed E-state index contributed by atoms with van der Waals surface area (Å²) >= 11 is 7.56. The molecule has 0 saturated carbocycles. The van der Waals surface area contributed by atoms with Gasteiger partial charge in [0, 0.05) is 31.8 Å². The Hall–Kier alpha value is -3.17. The van der Waals surface area contributed by atoms with Crippen molar-refractivity contribution in [2.45, 2.75) is 25.4 Å². The number of thiophene rings is 1. The van der Waals surface area contributed by atoms with E-state index >= 15 is 0 Å². The molecule has 0 aliphatic carbocycles. The number of piperidine rings is 1. The van der Waals surface area contributed by atoms with Crippen molar-refractivity contribution in [2.24, 2.45) is 0 Å². The molecule has 1 aromatic carbocycles. The van der Waals surface area contributed by atoms with Crippen LogP contribution in [0.4, 0.5) is 10.2 Å². The molecule has 11 heteroatoms. The lowest BCUT2D eigenvalue weighted by Gasteiger charge is -2.32. The SMILES string of the molecule is C=CC(=O)O.Fc1cccc(CN2CCC(Nc3ncnc4sc(Cl)cc34)CC2)c1.O=C=O. The number of nitrogens with one attached hydrogen (secondary N) is 1. The minimum Gasteiger partial charge on any atom is -0.478 e. The molecule has 4 rings (SSSR count). The second kappa shape index (κ2) is 13.4. The molecule has 2 aromatic heterocycles. The number of rotatable bonds is 5. The lowest BCUT2D eigenvalue weighted by molar-refractivity contribution is -0.191. The summed E-state index contributed by atoms with van der Waals surface area (Å²) in [5.74, 6) is -0.294. The highest BCUT2D eigenvalue weighted by molar-refractivity contribution is 7.22. The van der Waals surface area contributed by atoms with E-state index in [0.717, 1.165) is 64.5 Å². The highest BCUT2D eigenvalue weighted by atomic mass is 35.5. The number of likely N-dealkylation sites (tertiary alicyclic amines) is 1. The first-order chi connectivity index (χ1) is 15.9. The third-order valence-corrected chi connectivity index (χ3v) is 5.87. The van der Waals surface area contributed by atoms with E-state index in [4.69, 9.17) is 26.3 Å². The minimum atomic E-state index is -0.981. The maximum absolute atomic E-state index is 13.3. The summed E-state index contributed by atoms with van der Waals surface area (Å²) in [7, 11) is 0. The van der Waals surface area contributed by atoms with Gasteiger partial charge in [-0.25, -0.2) is 19.2 Å². The number of nitrogens with zero attached hydrogens (tertiary/aromatic N) is 3. The van der Waals surface area contributed by atoms with Crippen LogP contribution >= 0.6 is 22.9 Å². The molecule has 0 radical (unpaired) electrons. The first-order valence-electron chi connectivity index (χ1n) is 9.84. The van der Waals surface area contributed by atoms with Crippen LogP contribution in [-0.4, -0.2) is 51.2 Å². The van der Waals surface area contributed by atoms with Gasteiger partial charge in [-0.2, -0.15) is 9.59 Å². The van der Waals surface area contributed by atoms with Gasteiger partial charge >= 0.3 is 12.1 Å². The number of anilines is 1. The average molecular weight is 493 g/mol. The molecule has 174 valence electrons. The molecule has 3 heterocycles. The van der Waals surface area contributed by atoms with Gasteiger partial charge in [-0.1, -0.05) is 30.3 Å². The van der Waals surface area contributed by atoms with Gasteiger partial charge < -0.3 is 10.4 Å². The second-order valence-electron chi connectivity index (χ2n) is 6.94. The number of aromatic nitrogens is 2. The van der Waals surface area contributed by atoms with Crippen LogP contribution in [0.25, 0.3) is 10.2 Å². The van der Waals surface area contributed by atoms with Gasteiger partial charge in [-0.3, -0.25) is 4.90 Å². The summed E-state index contributed by atoms with van der Waals surface area (Å²) in [5, 5.41) is 12.1. The Bertz CT molecular complexity index is 1110. The average Bonchev–Trinajstić information content (AvgIpc) is 3.17. The van der Waals surface area contributed by atoms with Crippen LogP contribution in [0.3, 0.4) is 0 Å². The molecule has 0 bridgehead atoms. The Balaban J connectivity index is 0.000000420. The normalized spacial score (nSPS) is 13.6. The van der Waals surface area contributed by atoms with E-state index in [9.17, 15) is 9.18 Å². The van der Waals surface area contributed by atoms with Crippen molar-refractivity contribution in [1.29, 1.82) is 0 Å². The molecule has 1 aliphatic rings. The molecule has 33 heavy (non-hydrogen) atoms. The van der Waals surface area contributed by atoms with Gasteiger partial charge in [-0.05, 0) is 36.6 Å². The van der Waals surface area contributed by atoms with E-state index in [1.807, 2.05) is 12.1 Å². The Morgan fingerprint density at radius 3 is 2.61 bits per heavy atom. The van der Waals surface area contributed by atoms with Gasteiger partial charge in [-0.15, -0.1) is 11.3 Å². The Morgan fingerprint density at radius 1 is 1.33 bits per heavy atom. The van der Waals surface area contributed by atoms with E-state index in [2.05, 4.69) is 26.8 Å². The zero-order chi connectivity index (χ0) is 24.2. The number of carboxylic acid groups (broad SMARTS) is 1. The number of hydrogen-bond donors (Lipinski definition) is 2. The van der Waals surface area contributed by atoms with Crippen molar-refractivity contribution in [3.05, 3.63) is 65.0 Å². The van der Waals surface area contributed by atoms with Crippen molar-refractivity contribution >= 4 is 51.1 Å². The van der Waals surface area contributed by atoms with E-state index in [0.29, 0.717) is 6.04 Å². The molecule has 0 spiro atoms. The Kier molecular flexibility index (Phi) is 10.6. The number of carboxylic acids is 1. The standard InChI is InChI=1S/C18H18ClFN4S.C3H4O2.CO2/c19-16-9-15-17(21-11-22-18(15)25-16)23-14-4-6-24(7-5-14)10-12-2-1-3-13(20)8-12;1-2-3(4)5;2-1-3/h1-3,8-9,11,14H,4-7,10H2,(H,21,22,23);2H,1H2,(H,4,5);. The topological polar surface area (TPSA) is 112 Å². The van der Waals surface area contributed by atoms with Crippen LogP contribution in [0.1, 0.15) is 18.4 Å². The van der Waals surface area contributed by atoms with Crippen LogP contribution in [0.2, 0.25) is 4.34 Å². The number of benzene rings is 1. The fourth-order valence-corrected chi connectivity index (χ4v) is 4.32. The van der Waals surface area contributed by atoms with Gasteiger partial charge in [0.25, 0.3) is 0 Å². The highest BCUT2D eigenvalue weighted by Crippen LogP contribution is 2.32.